The topological polar surface area (TPSA) is 76.8 Å². The number of nitrogen functional groups attached to an aromatic ring is 1. The van der Waals surface area contributed by atoms with Crippen molar-refractivity contribution in [3.05, 3.63) is 58.6 Å². The molecule has 2 aromatic carbocycles. The number of amides is 1. The minimum Gasteiger partial charge on any atom is -0.493 e. The third kappa shape index (κ3) is 6.10. The summed E-state index contributed by atoms with van der Waals surface area (Å²) in [7, 11) is 0. The number of carbonyl (C=O) groups excluding carboxylic acids is 1. The molecule has 1 atom stereocenters. The lowest BCUT2D eigenvalue weighted by molar-refractivity contribution is -0.0342. The molecular weight excluding hydrogens is 390 g/mol. The molecule has 0 aliphatic carbocycles. The Morgan fingerprint density at radius 3 is 2.90 bits per heavy atom. The van der Waals surface area contributed by atoms with Crippen LogP contribution in [0.1, 0.15) is 29.3 Å². The summed E-state index contributed by atoms with van der Waals surface area (Å²) >= 11 is 6.08. The molecular formula is C22H28ClN3O3. The van der Waals surface area contributed by atoms with Crippen molar-refractivity contribution in [3.8, 4) is 5.75 Å². The summed E-state index contributed by atoms with van der Waals surface area (Å²) in [4.78, 5) is 15.0. The molecule has 29 heavy (non-hydrogen) atoms. The summed E-state index contributed by atoms with van der Waals surface area (Å²) in [5.74, 6) is 0.210. The van der Waals surface area contributed by atoms with E-state index in [-0.39, 0.29) is 12.0 Å². The van der Waals surface area contributed by atoms with E-state index in [1.807, 2.05) is 13.0 Å². The molecule has 1 aliphatic rings. The zero-order valence-electron chi connectivity index (χ0n) is 16.7. The molecule has 1 saturated heterocycles. The molecule has 3 N–H and O–H groups in total. The summed E-state index contributed by atoms with van der Waals surface area (Å²) in [5.41, 5.74) is 7.90. The van der Waals surface area contributed by atoms with Crippen LogP contribution >= 0.6 is 11.6 Å². The fourth-order valence-corrected chi connectivity index (χ4v) is 3.57. The molecule has 1 amide bonds. The van der Waals surface area contributed by atoms with Gasteiger partial charge in [0.1, 0.15) is 5.75 Å². The zero-order chi connectivity index (χ0) is 20.6. The fourth-order valence-electron chi connectivity index (χ4n) is 3.40. The van der Waals surface area contributed by atoms with Crippen molar-refractivity contribution in [3.63, 3.8) is 0 Å². The minimum absolute atomic E-state index is 0.0918. The van der Waals surface area contributed by atoms with Gasteiger partial charge in [-0.05, 0) is 25.0 Å². The van der Waals surface area contributed by atoms with Gasteiger partial charge in [-0.3, -0.25) is 9.69 Å². The van der Waals surface area contributed by atoms with Crippen LogP contribution in [0.3, 0.4) is 0 Å². The van der Waals surface area contributed by atoms with Crippen LogP contribution in [0.2, 0.25) is 5.02 Å². The van der Waals surface area contributed by atoms with Gasteiger partial charge in [0, 0.05) is 32.2 Å². The first-order valence-electron chi connectivity index (χ1n) is 9.94. The summed E-state index contributed by atoms with van der Waals surface area (Å²) in [5, 5.41) is 3.28. The second kappa shape index (κ2) is 10.5. The molecule has 6 nitrogen and oxygen atoms in total. The third-order valence-electron chi connectivity index (χ3n) is 4.87. The van der Waals surface area contributed by atoms with Crippen molar-refractivity contribution in [2.24, 2.45) is 0 Å². The van der Waals surface area contributed by atoms with E-state index in [2.05, 4.69) is 34.5 Å². The summed E-state index contributed by atoms with van der Waals surface area (Å²) in [6, 6.07) is 13.6. The van der Waals surface area contributed by atoms with Gasteiger partial charge in [-0.1, -0.05) is 41.9 Å². The number of nitrogens with one attached hydrogen (secondary N) is 1. The minimum atomic E-state index is -0.229. The summed E-state index contributed by atoms with van der Waals surface area (Å²) < 4.78 is 11.4. The average molecular weight is 418 g/mol. The Kier molecular flexibility index (Phi) is 7.75. The van der Waals surface area contributed by atoms with Gasteiger partial charge in [-0.2, -0.15) is 0 Å². The highest BCUT2D eigenvalue weighted by Gasteiger charge is 2.21. The molecule has 0 aromatic heterocycles. The van der Waals surface area contributed by atoms with E-state index >= 15 is 0 Å². The van der Waals surface area contributed by atoms with Gasteiger partial charge in [-0.15, -0.1) is 0 Å². The lowest BCUT2D eigenvalue weighted by Gasteiger charge is -2.33. The number of morpholine rings is 1. The molecule has 1 heterocycles. The number of ether oxygens (including phenoxy) is 2. The van der Waals surface area contributed by atoms with Crippen LogP contribution in [-0.4, -0.2) is 49.8 Å². The normalized spacial score (nSPS) is 17.1. The van der Waals surface area contributed by atoms with Crippen molar-refractivity contribution in [1.29, 1.82) is 0 Å². The van der Waals surface area contributed by atoms with Crippen molar-refractivity contribution in [2.45, 2.75) is 26.0 Å². The number of nitrogens with two attached hydrogens (primary N) is 1. The lowest BCUT2D eigenvalue weighted by Crippen LogP contribution is -2.43. The van der Waals surface area contributed by atoms with Crippen molar-refractivity contribution < 1.29 is 14.3 Å². The third-order valence-corrected chi connectivity index (χ3v) is 5.19. The van der Waals surface area contributed by atoms with Crippen LogP contribution in [0, 0.1) is 0 Å². The molecule has 1 aliphatic heterocycles. The van der Waals surface area contributed by atoms with E-state index in [1.54, 1.807) is 12.1 Å². The molecule has 0 saturated carbocycles. The number of halogens is 1. The van der Waals surface area contributed by atoms with Gasteiger partial charge in [0.2, 0.25) is 0 Å². The van der Waals surface area contributed by atoms with Crippen LogP contribution in [0.25, 0.3) is 0 Å². The summed E-state index contributed by atoms with van der Waals surface area (Å²) in [6.07, 6.45) is 0.832. The number of anilines is 1. The fraction of sp³-hybridized carbons (Fsp3) is 0.409. The maximum atomic E-state index is 12.6. The van der Waals surface area contributed by atoms with Crippen molar-refractivity contribution in [2.75, 3.05) is 38.6 Å². The molecule has 3 rings (SSSR count). The van der Waals surface area contributed by atoms with E-state index in [9.17, 15) is 4.79 Å². The second-order valence-electron chi connectivity index (χ2n) is 7.06. The first-order valence-corrected chi connectivity index (χ1v) is 10.3. The van der Waals surface area contributed by atoms with Gasteiger partial charge >= 0.3 is 0 Å². The Morgan fingerprint density at radius 1 is 1.34 bits per heavy atom. The van der Waals surface area contributed by atoms with Gasteiger partial charge in [0.25, 0.3) is 5.91 Å². The van der Waals surface area contributed by atoms with E-state index in [0.29, 0.717) is 41.8 Å². The van der Waals surface area contributed by atoms with E-state index in [4.69, 9.17) is 26.8 Å². The maximum absolute atomic E-state index is 12.6. The van der Waals surface area contributed by atoms with Gasteiger partial charge in [0.05, 0.1) is 35.6 Å². The SMILES string of the molecule is CCOc1cc(N)c(Cl)cc1C(=O)NCCC1CN(Cc2ccccc2)CCO1. The highest BCUT2D eigenvalue weighted by Crippen LogP contribution is 2.29. The van der Waals surface area contributed by atoms with E-state index < -0.39 is 0 Å². The monoisotopic (exact) mass is 417 g/mol. The van der Waals surface area contributed by atoms with E-state index in [1.165, 1.54) is 5.56 Å². The van der Waals surface area contributed by atoms with Gasteiger partial charge in [-0.25, -0.2) is 0 Å². The Hall–Kier alpha value is -2.28. The lowest BCUT2D eigenvalue weighted by atomic mass is 10.1. The number of hydrogen-bond donors (Lipinski definition) is 2. The highest BCUT2D eigenvalue weighted by atomic mass is 35.5. The Balaban J connectivity index is 1.50. The standard InChI is InChI=1S/C22H28ClN3O3/c1-2-28-21-13-20(24)19(23)12-18(21)22(27)25-9-8-17-15-26(10-11-29-17)14-16-6-4-3-5-7-16/h3-7,12-13,17H,2,8-11,14-15,24H2,1H3,(H,25,27). The predicted octanol–water partition coefficient (Wildman–Crippen LogP) is 3.34. The quantitative estimate of drug-likeness (QED) is 0.644. The Bertz CT molecular complexity index is 816. The number of benzene rings is 2. The second-order valence-corrected chi connectivity index (χ2v) is 7.47. The van der Waals surface area contributed by atoms with Crippen molar-refractivity contribution >= 4 is 23.2 Å². The first kappa shape index (κ1) is 21.4. The number of nitrogens with zero attached hydrogens (tertiary/aromatic N) is 1. The molecule has 1 unspecified atom stereocenters. The first-order chi connectivity index (χ1) is 14.1. The Morgan fingerprint density at radius 2 is 2.14 bits per heavy atom. The largest absolute Gasteiger partial charge is 0.493 e. The average Bonchev–Trinajstić information content (AvgIpc) is 2.72. The molecule has 0 spiro atoms. The van der Waals surface area contributed by atoms with Crippen LogP contribution in [-0.2, 0) is 11.3 Å². The molecule has 0 bridgehead atoms. The number of hydrogen-bond acceptors (Lipinski definition) is 5. The van der Waals surface area contributed by atoms with Gasteiger partial charge in [0.15, 0.2) is 0 Å². The predicted molar refractivity (Wildman–Crippen MR) is 115 cm³/mol. The van der Waals surface area contributed by atoms with Crippen LogP contribution < -0.4 is 15.8 Å². The maximum Gasteiger partial charge on any atom is 0.255 e. The van der Waals surface area contributed by atoms with Crippen LogP contribution in [0.5, 0.6) is 5.75 Å². The van der Waals surface area contributed by atoms with Crippen molar-refractivity contribution in [1.82, 2.24) is 10.2 Å². The summed E-state index contributed by atoms with van der Waals surface area (Å²) in [6.45, 7) is 6.18. The molecule has 0 radical (unpaired) electrons. The number of carbonyl (C=O) groups is 1. The van der Waals surface area contributed by atoms with Gasteiger partial charge < -0.3 is 20.5 Å². The smallest absolute Gasteiger partial charge is 0.255 e. The molecule has 2 aromatic rings. The highest BCUT2D eigenvalue weighted by molar-refractivity contribution is 6.33. The van der Waals surface area contributed by atoms with Crippen LogP contribution in [0.4, 0.5) is 5.69 Å². The number of rotatable bonds is 8. The molecule has 1 fully saturated rings. The molecule has 156 valence electrons. The van der Waals surface area contributed by atoms with E-state index in [0.717, 1.165) is 26.1 Å². The van der Waals surface area contributed by atoms with Crippen LogP contribution in [0.15, 0.2) is 42.5 Å². The molecule has 7 heteroatoms. The zero-order valence-corrected chi connectivity index (χ0v) is 17.5. The Labute approximate surface area is 176 Å².